The van der Waals surface area contributed by atoms with Crippen molar-refractivity contribution in [2.75, 3.05) is 0 Å². The van der Waals surface area contributed by atoms with Gasteiger partial charge in [0.25, 0.3) is 5.91 Å². The molecule has 66 valence electrons. The van der Waals surface area contributed by atoms with Gasteiger partial charge < -0.3 is 0 Å². The van der Waals surface area contributed by atoms with Crippen molar-refractivity contribution in [3.63, 3.8) is 0 Å². The van der Waals surface area contributed by atoms with E-state index in [0.29, 0.717) is 11.1 Å². The topological polar surface area (TPSA) is 66.6 Å². The van der Waals surface area contributed by atoms with Crippen LogP contribution in [-0.2, 0) is 0 Å². The van der Waals surface area contributed by atoms with E-state index in [4.69, 9.17) is 5.21 Å². The first-order valence-electron chi connectivity index (χ1n) is 3.70. The molecule has 0 aliphatic carbocycles. The molecule has 0 aliphatic rings. The summed E-state index contributed by atoms with van der Waals surface area (Å²) in [4.78, 5) is 11.1. The second kappa shape index (κ2) is 2.87. The largest absolute Gasteiger partial charge is 0.288 e. The van der Waals surface area contributed by atoms with Crippen molar-refractivity contribution in [2.24, 2.45) is 0 Å². The number of nitrogens with zero attached hydrogens (tertiary/aromatic N) is 2. The smallest absolute Gasteiger partial charge is 0.278 e. The highest BCUT2D eigenvalue weighted by molar-refractivity contribution is 5.99. The Balaban J connectivity index is 2.64. The molecular weight excluding hydrogens is 170 g/mol. The average Bonchev–Trinajstić information content (AvgIpc) is 2.60. The van der Waals surface area contributed by atoms with Gasteiger partial charge in [-0.05, 0) is 12.1 Å². The summed E-state index contributed by atoms with van der Waals surface area (Å²) in [5.74, 6) is -0.554. The van der Waals surface area contributed by atoms with E-state index in [0.717, 1.165) is 0 Å². The van der Waals surface area contributed by atoms with Crippen LogP contribution in [0.3, 0.4) is 0 Å². The summed E-state index contributed by atoms with van der Waals surface area (Å²) in [6.45, 7) is 0. The number of fused-ring (bicyclic) bond motifs is 1. The molecular formula is C8H7N3O2. The third kappa shape index (κ3) is 1.15. The Morgan fingerprint density at radius 2 is 2.38 bits per heavy atom. The number of hydrogen-bond acceptors (Lipinski definition) is 3. The monoisotopic (exact) mass is 177 g/mol. The number of aromatic nitrogens is 2. The van der Waals surface area contributed by atoms with Gasteiger partial charge in [0.2, 0.25) is 0 Å². The van der Waals surface area contributed by atoms with Crippen LogP contribution >= 0.6 is 0 Å². The molecule has 2 heterocycles. The molecule has 0 fully saturated rings. The minimum absolute atomic E-state index is 0.350. The quantitative estimate of drug-likeness (QED) is 0.491. The summed E-state index contributed by atoms with van der Waals surface area (Å²) in [5.41, 5.74) is 2.58. The molecule has 2 aromatic heterocycles. The molecule has 2 aromatic rings. The molecule has 5 heteroatoms. The zero-order valence-corrected chi connectivity index (χ0v) is 6.64. The van der Waals surface area contributed by atoms with Crippen molar-refractivity contribution in [1.82, 2.24) is 15.1 Å². The number of carbonyl (C=O) groups excluding carboxylic acids is 1. The molecule has 0 atom stereocenters. The van der Waals surface area contributed by atoms with Gasteiger partial charge in [-0.25, -0.2) is 10.00 Å². The molecule has 0 saturated heterocycles. The van der Waals surface area contributed by atoms with Gasteiger partial charge in [0.1, 0.15) is 0 Å². The van der Waals surface area contributed by atoms with Gasteiger partial charge in [0.05, 0.1) is 17.3 Å². The number of hydroxylamine groups is 1. The number of rotatable bonds is 1. The summed E-state index contributed by atoms with van der Waals surface area (Å²) in [6.07, 6.45) is 3.13. The van der Waals surface area contributed by atoms with Crippen LogP contribution in [0.2, 0.25) is 0 Å². The SMILES string of the molecule is O=C(NO)c1cnn2ccccc12. The minimum Gasteiger partial charge on any atom is -0.288 e. The van der Waals surface area contributed by atoms with Crippen molar-refractivity contribution in [3.8, 4) is 0 Å². The third-order valence-corrected chi connectivity index (χ3v) is 1.77. The van der Waals surface area contributed by atoms with E-state index < -0.39 is 5.91 Å². The number of carbonyl (C=O) groups is 1. The fourth-order valence-electron chi connectivity index (χ4n) is 1.17. The third-order valence-electron chi connectivity index (χ3n) is 1.77. The van der Waals surface area contributed by atoms with Crippen LogP contribution in [0.4, 0.5) is 0 Å². The highest BCUT2D eigenvalue weighted by Crippen LogP contribution is 2.08. The summed E-state index contributed by atoms with van der Waals surface area (Å²) >= 11 is 0. The fraction of sp³-hybridized carbons (Fsp3) is 0. The Kier molecular flexibility index (Phi) is 1.71. The maximum absolute atomic E-state index is 11.1. The standard InChI is InChI=1S/C8H7N3O2/c12-8(10-13)6-5-9-11-4-2-1-3-7(6)11/h1-5,13H,(H,10,12). The van der Waals surface area contributed by atoms with E-state index in [-0.39, 0.29) is 0 Å². The lowest BCUT2D eigenvalue weighted by atomic mass is 10.2. The van der Waals surface area contributed by atoms with Gasteiger partial charge in [-0.15, -0.1) is 0 Å². The second-order valence-electron chi connectivity index (χ2n) is 2.53. The van der Waals surface area contributed by atoms with Gasteiger partial charge in [-0.3, -0.25) is 10.0 Å². The maximum Gasteiger partial charge on any atom is 0.278 e. The first-order chi connectivity index (χ1) is 6.33. The molecule has 2 N–H and O–H groups in total. The van der Waals surface area contributed by atoms with Gasteiger partial charge >= 0.3 is 0 Å². The van der Waals surface area contributed by atoms with E-state index in [1.807, 2.05) is 0 Å². The Morgan fingerprint density at radius 1 is 1.54 bits per heavy atom. The van der Waals surface area contributed by atoms with Crippen LogP contribution in [0.25, 0.3) is 5.52 Å². The molecule has 1 amide bonds. The van der Waals surface area contributed by atoms with Gasteiger partial charge in [0.15, 0.2) is 0 Å². The molecule has 5 nitrogen and oxygen atoms in total. The Morgan fingerprint density at radius 3 is 3.15 bits per heavy atom. The Hall–Kier alpha value is -1.88. The molecule has 0 aromatic carbocycles. The predicted molar refractivity (Wildman–Crippen MR) is 44.4 cm³/mol. The highest BCUT2D eigenvalue weighted by Gasteiger charge is 2.10. The summed E-state index contributed by atoms with van der Waals surface area (Å²) in [7, 11) is 0. The molecule has 13 heavy (non-hydrogen) atoms. The van der Waals surface area contributed by atoms with Gasteiger partial charge in [0, 0.05) is 6.20 Å². The van der Waals surface area contributed by atoms with E-state index >= 15 is 0 Å². The van der Waals surface area contributed by atoms with Crippen LogP contribution < -0.4 is 5.48 Å². The molecule has 0 bridgehead atoms. The van der Waals surface area contributed by atoms with E-state index in [9.17, 15) is 4.79 Å². The first kappa shape index (κ1) is 7.75. The maximum atomic E-state index is 11.1. The highest BCUT2D eigenvalue weighted by atomic mass is 16.5. The zero-order chi connectivity index (χ0) is 9.26. The molecule has 0 radical (unpaired) electrons. The van der Waals surface area contributed by atoms with Crippen LogP contribution in [0.1, 0.15) is 10.4 Å². The van der Waals surface area contributed by atoms with Crippen molar-refractivity contribution in [3.05, 3.63) is 36.2 Å². The predicted octanol–water partition coefficient (Wildman–Crippen LogP) is 0.453. The first-order valence-corrected chi connectivity index (χ1v) is 3.70. The number of nitrogens with one attached hydrogen (secondary N) is 1. The number of hydrogen-bond donors (Lipinski definition) is 2. The number of amides is 1. The van der Waals surface area contributed by atoms with Crippen LogP contribution in [-0.4, -0.2) is 20.7 Å². The average molecular weight is 177 g/mol. The summed E-state index contributed by atoms with van der Waals surface area (Å²) in [5, 5.41) is 12.4. The summed E-state index contributed by atoms with van der Waals surface area (Å²) in [6, 6.07) is 5.35. The van der Waals surface area contributed by atoms with Crippen molar-refractivity contribution in [1.29, 1.82) is 0 Å². The summed E-state index contributed by atoms with van der Waals surface area (Å²) < 4.78 is 1.56. The lowest BCUT2D eigenvalue weighted by Gasteiger charge is -1.94. The second-order valence-corrected chi connectivity index (χ2v) is 2.53. The molecule has 2 rings (SSSR count). The van der Waals surface area contributed by atoms with Gasteiger partial charge in [-0.1, -0.05) is 6.07 Å². The normalized spacial score (nSPS) is 10.2. The Labute approximate surface area is 73.6 Å². The Bertz CT molecular complexity index is 449. The van der Waals surface area contributed by atoms with Crippen LogP contribution in [0.5, 0.6) is 0 Å². The molecule has 0 aliphatic heterocycles. The van der Waals surface area contributed by atoms with E-state index in [2.05, 4.69) is 5.10 Å². The fourth-order valence-corrected chi connectivity index (χ4v) is 1.17. The van der Waals surface area contributed by atoms with Crippen molar-refractivity contribution < 1.29 is 10.0 Å². The molecule has 0 unspecified atom stereocenters. The van der Waals surface area contributed by atoms with Crippen molar-refractivity contribution >= 4 is 11.4 Å². The van der Waals surface area contributed by atoms with E-state index in [1.54, 1.807) is 34.4 Å². The van der Waals surface area contributed by atoms with Crippen LogP contribution in [0, 0.1) is 0 Å². The van der Waals surface area contributed by atoms with Crippen molar-refractivity contribution in [2.45, 2.75) is 0 Å². The lowest BCUT2D eigenvalue weighted by Crippen LogP contribution is -2.18. The van der Waals surface area contributed by atoms with Gasteiger partial charge in [-0.2, -0.15) is 5.10 Å². The van der Waals surface area contributed by atoms with Crippen LogP contribution in [0.15, 0.2) is 30.6 Å². The molecule has 0 saturated carbocycles. The zero-order valence-electron chi connectivity index (χ0n) is 6.64. The van der Waals surface area contributed by atoms with E-state index in [1.165, 1.54) is 6.20 Å². The lowest BCUT2D eigenvalue weighted by molar-refractivity contribution is 0.0708. The number of pyridine rings is 1. The minimum atomic E-state index is -0.554. The molecule has 0 spiro atoms.